The van der Waals surface area contributed by atoms with Crippen LogP contribution in [-0.4, -0.2) is 27.4 Å². The van der Waals surface area contributed by atoms with Crippen LogP contribution < -0.4 is 9.62 Å². The summed E-state index contributed by atoms with van der Waals surface area (Å²) in [5, 5.41) is 3.06. The smallest absolute Gasteiger partial charge is 0.264 e. The van der Waals surface area contributed by atoms with E-state index in [9.17, 15) is 17.6 Å². The number of carbonyl (C=O) groups excluding carboxylic acids is 1. The molecule has 0 bridgehead atoms. The van der Waals surface area contributed by atoms with Crippen molar-refractivity contribution in [2.45, 2.75) is 55.9 Å². The number of hydrogen-bond donors (Lipinski definition) is 1. The Hall–Kier alpha value is -2.41. The molecule has 29 heavy (non-hydrogen) atoms. The molecule has 1 fully saturated rings. The van der Waals surface area contributed by atoms with Gasteiger partial charge in [0.15, 0.2) is 0 Å². The quantitative estimate of drug-likeness (QED) is 0.778. The van der Waals surface area contributed by atoms with Gasteiger partial charge >= 0.3 is 0 Å². The van der Waals surface area contributed by atoms with Crippen LogP contribution in [0.5, 0.6) is 0 Å². The monoisotopic (exact) mass is 418 g/mol. The fourth-order valence-electron chi connectivity index (χ4n) is 3.61. The number of hydrogen-bond acceptors (Lipinski definition) is 3. The van der Waals surface area contributed by atoms with Gasteiger partial charge in [-0.25, -0.2) is 12.8 Å². The van der Waals surface area contributed by atoms with E-state index < -0.39 is 15.8 Å². The van der Waals surface area contributed by atoms with Gasteiger partial charge in [-0.15, -0.1) is 0 Å². The summed E-state index contributed by atoms with van der Waals surface area (Å²) in [5.74, 6) is -0.690. The average molecular weight is 419 g/mol. The fourth-order valence-corrected chi connectivity index (χ4v) is 4.86. The Bertz CT molecular complexity index is 937. The van der Waals surface area contributed by atoms with Crippen LogP contribution in [0, 0.1) is 5.82 Å². The van der Waals surface area contributed by atoms with Crippen molar-refractivity contribution in [2.24, 2.45) is 0 Å². The second kappa shape index (κ2) is 9.39. The van der Waals surface area contributed by atoms with Crippen LogP contribution in [0.3, 0.4) is 0 Å². The van der Waals surface area contributed by atoms with Crippen molar-refractivity contribution in [3.8, 4) is 0 Å². The fraction of sp³-hybridized carbons (Fsp3) is 0.409. The molecule has 3 rings (SSSR count). The average Bonchev–Trinajstić information content (AvgIpc) is 2.70. The van der Waals surface area contributed by atoms with E-state index in [-0.39, 0.29) is 16.8 Å². The van der Waals surface area contributed by atoms with Crippen molar-refractivity contribution in [2.75, 3.05) is 11.4 Å². The minimum Gasteiger partial charge on any atom is -0.349 e. The Balaban J connectivity index is 1.76. The number of nitrogens with one attached hydrogen (secondary N) is 1. The minimum atomic E-state index is -3.87. The highest BCUT2D eigenvalue weighted by Crippen LogP contribution is 2.23. The van der Waals surface area contributed by atoms with Gasteiger partial charge in [0.05, 0.1) is 10.6 Å². The molecule has 1 amide bonds. The lowest BCUT2D eigenvalue weighted by atomic mass is 9.96. The predicted octanol–water partition coefficient (Wildman–Crippen LogP) is 4.49. The number of halogens is 1. The molecule has 0 spiro atoms. The first-order valence-corrected chi connectivity index (χ1v) is 11.5. The van der Waals surface area contributed by atoms with Crippen LogP contribution in [-0.2, 0) is 10.0 Å². The maximum absolute atomic E-state index is 13.1. The second-order valence-electron chi connectivity index (χ2n) is 7.49. The topological polar surface area (TPSA) is 66.5 Å². The summed E-state index contributed by atoms with van der Waals surface area (Å²) in [6.07, 6.45) is 7.74. The molecule has 7 heteroatoms. The second-order valence-corrected chi connectivity index (χ2v) is 9.46. The van der Waals surface area contributed by atoms with Crippen molar-refractivity contribution in [1.29, 1.82) is 0 Å². The highest BCUT2D eigenvalue weighted by Gasteiger charge is 2.23. The lowest BCUT2D eigenvalue weighted by molar-refractivity contribution is 0.0930. The number of benzene rings is 2. The van der Waals surface area contributed by atoms with E-state index in [0.717, 1.165) is 30.0 Å². The molecular formula is C22H27FN2O3S. The third-order valence-electron chi connectivity index (χ3n) is 5.39. The Morgan fingerprint density at radius 3 is 2.28 bits per heavy atom. The van der Waals surface area contributed by atoms with Gasteiger partial charge in [-0.05, 0) is 55.3 Å². The predicted molar refractivity (Wildman–Crippen MR) is 112 cm³/mol. The molecule has 0 atom stereocenters. The standard InChI is InChI=1S/C22H27FN2O3S/c1-25(20-14-12-18(23)13-15-20)29(27,28)21-11-7-8-17(16-21)22(26)24-19-9-5-3-2-4-6-10-19/h7-8,11-16,19H,2-6,9-10H2,1H3,(H,24,26). The Morgan fingerprint density at radius 1 is 1.00 bits per heavy atom. The molecule has 1 saturated carbocycles. The van der Waals surface area contributed by atoms with E-state index in [1.165, 1.54) is 62.7 Å². The highest BCUT2D eigenvalue weighted by atomic mass is 32.2. The van der Waals surface area contributed by atoms with Crippen LogP contribution in [0.25, 0.3) is 0 Å². The van der Waals surface area contributed by atoms with Gasteiger partial charge in [-0.3, -0.25) is 9.10 Å². The minimum absolute atomic E-state index is 0.0228. The largest absolute Gasteiger partial charge is 0.349 e. The molecule has 2 aromatic rings. The summed E-state index contributed by atoms with van der Waals surface area (Å²) in [5.41, 5.74) is 0.663. The van der Waals surface area contributed by atoms with E-state index in [4.69, 9.17) is 0 Å². The summed E-state index contributed by atoms with van der Waals surface area (Å²) in [6.45, 7) is 0. The Morgan fingerprint density at radius 2 is 1.62 bits per heavy atom. The lowest BCUT2D eigenvalue weighted by Gasteiger charge is -2.22. The normalized spacial score (nSPS) is 15.9. The summed E-state index contributed by atoms with van der Waals surface area (Å²) in [4.78, 5) is 12.7. The molecule has 1 N–H and O–H groups in total. The summed E-state index contributed by atoms with van der Waals surface area (Å²) in [7, 11) is -2.47. The van der Waals surface area contributed by atoms with E-state index in [0.29, 0.717) is 11.3 Å². The molecule has 0 saturated heterocycles. The third-order valence-corrected chi connectivity index (χ3v) is 7.17. The van der Waals surface area contributed by atoms with Gasteiger partial charge in [-0.2, -0.15) is 0 Å². The zero-order valence-electron chi connectivity index (χ0n) is 16.6. The molecule has 0 radical (unpaired) electrons. The molecule has 156 valence electrons. The van der Waals surface area contributed by atoms with Crippen LogP contribution >= 0.6 is 0 Å². The molecule has 5 nitrogen and oxygen atoms in total. The summed E-state index contributed by atoms with van der Waals surface area (Å²) < 4.78 is 40.2. The Labute approximate surface area is 172 Å². The number of nitrogens with zero attached hydrogens (tertiary/aromatic N) is 1. The SMILES string of the molecule is CN(c1ccc(F)cc1)S(=O)(=O)c1cccc(C(=O)NC2CCCCCCC2)c1. The van der Waals surface area contributed by atoms with E-state index in [1.54, 1.807) is 12.1 Å². The number of rotatable bonds is 5. The van der Waals surface area contributed by atoms with E-state index in [2.05, 4.69) is 5.32 Å². The number of amides is 1. The van der Waals surface area contributed by atoms with E-state index >= 15 is 0 Å². The summed E-state index contributed by atoms with van der Waals surface area (Å²) in [6, 6.07) is 11.4. The van der Waals surface area contributed by atoms with E-state index in [1.807, 2.05) is 0 Å². The molecule has 0 unspecified atom stereocenters. The van der Waals surface area contributed by atoms with Crippen molar-refractivity contribution >= 4 is 21.6 Å². The van der Waals surface area contributed by atoms with Gasteiger partial charge in [0.25, 0.3) is 15.9 Å². The maximum Gasteiger partial charge on any atom is 0.264 e. The molecule has 2 aromatic carbocycles. The highest BCUT2D eigenvalue weighted by molar-refractivity contribution is 7.92. The lowest BCUT2D eigenvalue weighted by Crippen LogP contribution is -2.35. The summed E-state index contributed by atoms with van der Waals surface area (Å²) >= 11 is 0. The zero-order valence-corrected chi connectivity index (χ0v) is 17.4. The van der Waals surface area contributed by atoms with Crippen molar-refractivity contribution < 1.29 is 17.6 Å². The number of carbonyl (C=O) groups is 1. The molecule has 0 heterocycles. The molecule has 0 aromatic heterocycles. The zero-order chi connectivity index (χ0) is 20.9. The van der Waals surface area contributed by atoms with Crippen molar-refractivity contribution in [1.82, 2.24) is 5.32 Å². The van der Waals surface area contributed by atoms with Crippen LogP contribution in [0.1, 0.15) is 55.3 Å². The first-order chi connectivity index (χ1) is 13.9. The van der Waals surface area contributed by atoms with Crippen LogP contribution in [0.2, 0.25) is 0 Å². The maximum atomic E-state index is 13.1. The molecular weight excluding hydrogens is 391 g/mol. The van der Waals surface area contributed by atoms with Crippen molar-refractivity contribution in [3.63, 3.8) is 0 Å². The van der Waals surface area contributed by atoms with Crippen molar-refractivity contribution in [3.05, 3.63) is 59.9 Å². The first-order valence-electron chi connectivity index (χ1n) is 10.0. The number of anilines is 1. The van der Waals surface area contributed by atoms with Crippen LogP contribution in [0.15, 0.2) is 53.4 Å². The third kappa shape index (κ3) is 5.35. The molecule has 1 aliphatic rings. The van der Waals surface area contributed by atoms with Gasteiger partial charge in [0.1, 0.15) is 5.82 Å². The van der Waals surface area contributed by atoms with Gasteiger partial charge in [-0.1, -0.05) is 38.2 Å². The Kier molecular flexibility index (Phi) is 6.90. The van der Waals surface area contributed by atoms with Gasteiger partial charge < -0.3 is 5.32 Å². The van der Waals surface area contributed by atoms with Crippen LogP contribution in [0.4, 0.5) is 10.1 Å². The van der Waals surface area contributed by atoms with Gasteiger partial charge in [0.2, 0.25) is 0 Å². The molecule has 1 aliphatic carbocycles. The van der Waals surface area contributed by atoms with Gasteiger partial charge in [0, 0.05) is 18.7 Å². The molecule has 0 aliphatic heterocycles. The number of sulfonamides is 1. The first kappa shape index (κ1) is 21.3.